The molecule has 0 N–H and O–H groups in total. The fourth-order valence-corrected chi connectivity index (χ4v) is 10.2. The van der Waals surface area contributed by atoms with Crippen molar-refractivity contribution in [3.8, 4) is 39.5 Å². The molecule has 9 rings (SSSR count). The molecule has 1 radical (unpaired) electrons. The quantitative estimate of drug-likeness (QED) is 0.107. The molecule has 0 unspecified atom stereocenters. The topological polar surface area (TPSA) is 43.9 Å². The molecule has 0 aliphatic carbocycles. The van der Waals surface area contributed by atoms with Crippen molar-refractivity contribution in [3.63, 3.8) is 0 Å². The zero-order valence-electron chi connectivity index (χ0n) is 36.9. The maximum atomic E-state index is 6.07. The molecule has 0 saturated heterocycles. The van der Waals surface area contributed by atoms with Gasteiger partial charge in [-0.05, 0) is 112 Å². The van der Waals surface area contributed by atoms with E-state index in [1.165, 1.54) is 49.3 Å². The van der Waals surface area contributed by atoms with Crippen LogP contribution in [0.5, 0.6) is 0 Å². The second kappa shape index (κ2) is 18.3. The molecule has 6 heteroatoms. The number of fused-ring (bicyclic) bond motifs is 3. The Morgan fingerprint density at radius 3 is 2.11 bits per heavy atom. The van der Waals surface area contributed by atoms with Gasteiger partial charge in [0.25, 0.3) is 0 Å². The van der Waals surface area contributed by atoms with E-state index in [0.717, 1.165) is 63.2 Å². The average Bonchev–Trinajstić information content (AvgIpc) is 3.81. The molecule has 9 aromatic rings. The van der Waals surface area contributed by atoms with Crippen LogP contribution in [0.25, 0.3) is 72.2 Å². The van der Waals surface area contributed by atoms with E-state index in [1.54, 1.807) is 0 Å². The molecule has 0 atom stereocenters. The summed E-state index contributed by atoms with van der Waals surface area (Å²) in [5.41, 5.74) is 14.7. The molecule has 0 spiro atoms. The normalized spacial score (nSPS) is 11.7. The van der Waals surface area contributed by atoms with Gasteiger partial charge in [-0.2, -0.15) is 0 Å². The van der Waals surface area contributed by atoms with E-state index >= 15 is 0 Å². The van der Waals surface area contributed by atoms with Gasteiger partial charge >= 0.3 is 0 Å². The van der Waals surface area contributed by atoms with Crippen molar-refractivity contribution in [2.24, 2.45) is 11.8 Å². The Hall–Kier alpha value is -5.39. The number of benzene rings is 6. The van der Waals surface area contributed by atoms with Crippen molar-refractivity contribution in [1.82, 2.24) is 14.5 Å². The van der Waals surface area contributed by atoms with Crippen LogP contribution in [0.4, 0.5) is 0 Å². The van der Waals surface area contributed by atoms with Crippen LogP contribution in [0.3, 0.4) is 0 Å². The largest absolute Gasteiger partial charge is 0.557 e. The second-order valence-electron chi connectivity index (χ2n) is 18.1. The Kier molecular flexibility index (Phi) is 13.1. The van der Waals surface area contributed by atoms with Crippen LogP contribution >= 0.6 is 0 Å². The van der Waals surface area contributed by atoms with Gasteiger partial charge in [0.15, 0.2) is 0 Å². The third-order valence-electron chi connectivity index (χ3n) is 11.2. The average molecular weight is 994 g/mol. The molecule has 0 aliphatic heterocycles. The van der Waals surface area contributed by atoms with Gasteiger partial charge in [-0.25, -0.2) is 0 Å². The minimum absolute atomic E-state index is 0. The second-order valence-corrected chi connectivity index (χ2v) is 23.2. The first kappa shape index (κ1) is 43.7. The molecule has 6 aromatic carbocycles. The Labute approximate surface area is 376 Å². The van der Waals surface area contributed by atoms with E-state index < -0.39 is 8.07 Å². The number of aryl methyl sites for hydroxylation is 2. The molecule has 0 fully saturated rings. The van der Waals surface area contributed by atoms with E-state index in [1.807, 2.05) is 24.3 Å². The Balaban J connectivity index is 0.000000226. The molecule has 0 aliphatic rings. The number of nitrogens with zero attached hydrogens (tertiary/aromatic N) is 3. The van der Waals surface area contributed by atoms with Crippen LogP contribution in [0.15, 0.2) is 138 Å². The van der Waals surface area contributed by atoms with Gasteiger partial charge in [-0.15, -0.1) is 35.9 Å². The van der Waals surface area contributed by atoms with Crippen LogP contribution in [-0.4, -0.2) is 22.6 Å². The molecular weight excluding hydrogens is 939 g/mol. The third-order valence-corrected chi connectivity index (χ3v) is 13.3. The fraction of sp³-hybridized carbons (Fsp3) is 0.236. The summed E-state index contributed by atoms with van der Waals surface area (Å²) in [5, 5.41) is 4.90. The van der Waals surface area contributed by atoms with Gasteiger partial charge < -0.3 is 14.0 Å². The minimum Gasteiger partial charge on any atom is -0.557 e. The van der Waals surface area contributed by atoms with Crippen LogP contribution < -0.4 is 5.19 Å². The van der Waals surface area contributed by atoms with Gasteiger partial charge in [-0.1, -0.05) is 143 Å². The van der Waals surface area contributed by atoms with E-state index in [-0.39, 0.29) is 20.1 Å². The van der Waals surface area contributed by atoms with E-state index in [0.29, 0.717) is 11.8 Å². The predicted molar refractivity (Wildman–Crippen MR) is 256 cm³/mol. The van der Waals surface area contributed by atoms with Gasteiger partial charge in [0.05, 0.1) is 24.9 Å². The van der Waals surface area contributed by atoms with Gasteiger partial charge in [0, 0.05) is 43.8 Å². The van der Waals surface area contributed by atoms with Gasteiger partial charge in [0.1, 0.15) is 0 Å². The van der Waals surface area contributed by atoms with Crippen molar-refractivity contribution in [2.75, 3.05) is 0 Å². The molecule has 3 heterocycles. The van der Waals surface area contributed by atoms with E-state index in [4.69, 9.17) is 9.40 Å². The first-order valence-electron chi connectivity index (χ1n) is 21.3. The van der Waals surface area contributed by atoms with Crippen LogP contribution in [-0.2, 0) is 32.9 Å². The molecular formula is C55H55IrN3OSi-2. The third kappa shape index (κ3) is 9.43. The van der Waals surface area contributed by atoms with Crippen LogP contribution in [0.1, 0.15) is 49.9 Å². The summed E-state index contributed by atoms with van der Waals surface area (Å²) in [6, 6.07) is 48.2. The molecule has 4 nitrogen and oxygen atoms in total. The van der Waals surface area contributed by atoms with Crippen LogP contribution in [0, 0.1) is 38.0 Å². The Morgan fingerprint density at radius 1 is 0.721 bits per heavy atom. The molecule has 0 saturated carbocycles. The number of aromatic nitrogens is 3. The van der Waals surface area contributed by atoms with Gasteiger partial charge in [-0.3, -0.25) is 4.98 Å². The summed E-state index contributed by atoms with van der Waals surface area (Å²) in [4.78, 5) is 9.81. The van der Waals surface area contributed by atoms with E-state index in [9.17, 15) is 0 Å². The van der Waals surface area contributed by atoms with Crippen LogP contribution in [0.2, 0.25) is 19.6 Å². The number of furan rings is 1. The van der Waals surface area contributed by atoms with Crippen molar-refractivity contribution in [2.45, 2.75) is 74.0 Å². The summed E-state index contributed by atoms with van der Waals surface area (Å²) in [5.74, 6) is 2.12. The van der Waals surface area contributed by atoms with E-state index in [2.05, 4.69) is 192 Å². The number of hydrogen-bond donors (Lipinski definition) is 0. The summed E-state index contributed by atoms with van der Waals surface area (Å²) >= 11 is 0. The number of rotatable bonds is 9. The minimum atomic E-state index is -1.34. The Morgan fingerprint density at radius 2 is 1.43 bits per heavy atom. The summed E-state index contributed by atoms with van der Waals surface area (Å²) < 4.78 is 8.32. The SMILES string of the molecule is CC(C)Cc1cc(-c2[c-]cccc2)ncc1[Si](C)(C)C.Cc1cc(-n2c(-c3[c-]oc4cc5cc(CC(C)C)ccc5cc34)nc3ccccc32)cc(C)c1-c1ccccc1.[Ir]. The number of hydrogen-bond acceptors (Lipinski definition) is 3. The molecule has 0 bridgehead atoms. The summed E-state index contributed by atoms with van der Waals surface area (Å²) in [6.07, 6.45) is 7.53. The fourth-order valence-electron chi connectivity index (χ4n) is 8.60. The zero-order chi connectivity index (χ0) is 42.1. The maximum Gasteiger partial charge on any atom is 0.0798 e. The summed E-state index contributed by atoms with van der Waals surface area (Å²) in [6.45, 7) is 20.6. The summed E-state index contributed by atoms with van der Waals surface area (Å²) in [7, 11) is -1.34. The van der Waals surface area contributed by atoms with Crippen molar-refractivity contribution in [1.29, 1.82) is 0 Å². The van der Waals surface area contributed by atoms with Crippen molar-refractivity contribution < 1.29 is 24.5 Å². The van der Waals surface area contributed by atoms with Gasteiger partial charge in [0.2, 0.25) is 0 Å². The number of pyridine rings is 1. The molecule has 61 heavy (non-hydrogen) atoms. The number of imidazole rings is 1. The van der Waals surface area contributed by atoms with Crippen molar-refractivity contribution >= 4 is 46.0 Å². The van der Waals surface area contributed by atoms with Crippen molar-refractivity contribution in [3.05, 3.63) is 168 Å². The molecule has 0 amide bonds. The molecule has 3 aromatic heterocycles. The monoisotopic (exact) mass is 994 g/mol. The standard InChI is InChI=1S/C37H31N2O.C18H24NSi.Ir/c1-23(2)16-26-14-15-28-20-31-32(22-40-35(31)21-29(28)19-26)37-38-33-12-8-9-13-34(33)39(37)30-17-24(3)36(25(4)18-30)27-10-6-5-7-11-27;1-14(2)11-16-12-17(15-9-7-6-8-10-15)19-13-18(16)20(3,4)5;/h5-15,17-21,23H,16H2,1-4H3;6-9,12-14H,11H2,1-5H3;/q2*-1;. The smallest absolute Gasteiger partial charge is 0.0798 e. The predicted octanol–water partition coefficient (Wildman–Crippen LogP) is 14.2. The first-order chi connectivity index (χ1) is 28.8. The zero-order valence-corrected chi connectivity index (χ0v) is 40.2. The molecule has 311 valence electrons. The first-order valence-corrected chi connectivity index (χ1v) is 24.8. The number of para-hydroxylation sites is 2. The maximum absolute atomic E-state index is 6.07. The Bertz CT molecular complexity index is 2920.